The van der Waals surface area contributed by atoms with Gasteiger partial charge in [0.1, 0.15) is 5.82 Å². The van der Waals surface area contributed by atoms with Crippen LogP contribution in [0.3, 0.4) is 0 Å². The SMILES string of the molecule is Brc1ccc2c(NCC3Cc4ccccc43)ncc(Br)c2c1. The maximum Gasteiger partial charge on any atom is 0.133 e. The van der Waals surface area contributed by atoms with Crippen LogP contribution in [0.5, 0.6) is 0 Å². The molecule has 0 fully saturated rings. The van der Waals surface area contributed by atoms with Crippen LogP contribution in [0.15, 0.2) is 57.6 Å². The minimum absolute atomic E-state index is 0.590. The number of nitrogens with zero attached hydrogens (tertiary/aromatic N) is 1. The molecule has 4 heteroatoms. The lowest BCUT2D eigenvalue weighted by atomic mass is 9.77. The van der Waals surface area contributed by atoms with Crippen molar-refractivity contribution < 1.29 is 0 Å². The summed E-state index contributed by atoms with van der Waals surface area (Å²) in [5.74, 6) is 1.54. The summed E-state index contributed by atoms with van der Waals surface area (Å²) >= 11 is 7.11. The first-order valence-corrected chi connectivity index (χ1v) is 8.86. The van der Waals surface area contributed by atoms with E-state index in [-0.39, 0.29) is 0 Å². The molecular weight excluding hydrogens is 404 g/mol. The van der Waals surface area contributed by atoms with Gasteiger partial charge in [-0.3, -0.25) is 0 Å². The second-order valence-electron chi connectivity index (χ2n) is 5.63. The average molecular weight is 418 g/mol. The molecule has 22 heavy (non-hydrogen) atoms. The average Bonchev–Trinajstić information content (AvgIpc) is 2.50. The van der Waals surface area contributed by atoms with Gasteiger partial charge in [0.15, 0.2) is 0 Å². The first kappa shape index (κ1) is 14.2. The molecule has 0 spiro atoms. The molecule has 1 atom stereocenters. The van der Waals surface area contributed by atoms with E-state index in [0.717, 1.165) is 33.1 Å². The number of hydrogen-bond donors (Lipinski definition) is 1. The number of benzene rings is 2. The Morgan fingerprint density at radius 1 is 1.09 bits per heavy atom. The molecule has 110 valence electrons. The van der Waals surface area contributed by atoms with Crippen molar-refractivity contribution >= 4 is 48.5 Å². The van der Waals surface area contributed by atoms with Crippen LogP contribution >= 0.6 is 31.9 Å². The number of aromatic nitrogens is 1. The highest BCUT2D eigenvalue weighted by atomic mass is 79.9. The third-order valence-corrected chi connectivity index (χ3v) is 5.40. The van der Waals surface area contributed by atoms with Crippen molar-refractivity contribution in [3.63, 3.8) is 0 Å². The molecule has 0 radical (unpaired) electrons. The van der Waals surface area contributed by atoms with E-state index in [0.29, 0.717) is 5.92 Å². The lowest BCUT2D eigenvalue weighted by Crippen LogP contribution is -2.24. The van der Waals surface area contributed by atoms with Gasteiger partial charge in [-0.2, -0.15) is 0 Å². The standard InChI is InChI=1S/C18H14Br2N2/c19-13-5-6-15-16(8-13)17(20)10-22-18(15)21-9-12-7-11-3-1-2-4-14(11)12/h1-6,8,10,12H,7,9H2,(H,21,22). The number of nitrogens with one attached hydrogen (secondary N) is 1. The van der Waals surface area contributed by atoms with Gasteiger partial charge in [-0.05, 0) is 51.7 Å². The Morgan fingerprint density at radius 2 is 1.95 bits per heavy atom. The predicted molar refractivity (Wildman–Crippen MR) is 98.5 cm³/mol. The Balaban J connectivity index is 1.59. The molecule has 1 unspecified atom stereocenters. The summed E-state index contributed by atoms with van der Waals surface area (Å²) in [5, 5.41) is 5.84. The van der Waals surface area contributed by atoms with E-state index in [2.05, 4.69) is 84.6 Å². The Bertz CT molecular complexity index is 861. The molecule has 0 aliphatic heterocycles. The Labute approximate surface area is 146 Å². The van der Waals surface area contributed by atoms with E-state index in [9.17, 15) is 0 Å². The molecule has 2 aromatic carbocycles. The zero-order valence-corrected chi connectivity index (χ0v) is 15.0. The summed E-state index contributed by atoms with van der Waals surface area (Å²) < 4.78 is 2.09. The first-order valence-electron chi connectivity index (χ1n) is 7.28. The van der Waals surface area contributed by atoms with Crippen LogP contribution < -0.4 is 5.32 Å². The van der Waals surface area contributed by atoms with Gasteiger partial charge in [0.05, 0.1) is 0 Å². The minimum atomic E-state index is 0.590. The van der Waals surface area contributed by atoms with E-state index in [1.165, 1.54) is 16.5 Å². The second-order valence-corrected chi connectivity index (χ2v) is 7.40. The summed E-state index contributed by atoms with van der Waals surface area (Å²) in [4.78, 5) is 4.55. The van der Waals surface area contributed by atoms with Crippen LogP contribution in [0.2, 0.25) is 0 Å². The van der Waals surface area contributed by atoms with Crippen LogP contribution in [0.4, 0.5) is 5.82 Å². The van der Waals surface area contributed by atoms with Crippen molar-refractivity contribution in [2.75, 3.05) is 11.9 Å². The van der Waals surface area contributed by atoms with Crippen LogP contribution in [0.25, 0.3) is 10.8 Å². The van der Waals surface area contributed by atoms with Crippen LogP contribution in [0, 0.1) is 0 Å². The summed E-state index contributed by atoms with van der Waals surface area (Å²) in [6.07, 6.45) is 3.02. The fraction of sp³-hybridized carbons (Fsp3) is 0.167. The van der Waals surface area contributed by atoms with Gasteiger partial charge in [-0.25, -0.2) is 4.98 Å². The Morgan fingerprint density at radius 3 is 2.82 bits per heavy atom. The molecule has 1 heterocycles. The summed E-state index contributed by atoms with van der Waals surface area (Å²) in [6.45, 7) is 0.927. The highest BCUT2D eigenvalue weighted by Crippen LogP contribution is 2.36. The highest BCUT2D eigenvalue weighted by Gasteiger charge is 2.25. The fourth-order valence-electron chi connectivity index (χ4n) is 3.09. The van der Waals surface area contributed by atoms with Crippen molar-refractivity contribution in [2.24, 2.45) is 0 Å². The van der Waals surface area contributed by atoms with Crippen molar-refractivity contribution in [3.8, 4) is 0 Å². The number of halogens is 2. The second kappa shape index (κ2) is 5.67. The molecule has 1 aliphatic rings. The summed E-state index contributed by atoms with van der Waals surface area (Å²) in [7, 11) is 0. The highest BCUT2D eigenvalue weighted by molar-refractivity contribution is 9.11. The maximum atomic E-state index is 4.55. The van der Waals surface area contributed by atoms with Crippen LogP contribution in [-0.2, 0) is 6.42 Å². The fourth-order valence-corrected chi connectivity index (χ4v) is 3.88. The van der Waals surface area contributed by atoms with E-state index < -0.39 is 0 Å². The van der Waals surface area contributed by atoms with Gasteiger partial charge in [-0.15, -0.1) is 0 Å². The molecule has 0 amide bonds. The lowest BCUT2D eigenvalue weighted by molar-refractivity contribution is 0.635. The van der Waals surface area contributed by atoms with Gasteiger partial charge in [0.2, 0.25) is 0 Å². The Hall–Kier alpha value is -1.39. The third-order valence-electron chi connectivity index (χ3n) is 4.28. The molecule has 0 saturated carbocycles. The number of hydrogen-bond acceptors (Lipinski definition) is 2. The van der Waals surface area contributed by atoms with Crippen molar-refractivity contribution in [1.29, 1.82) is 0 Å². The third kappa shape index (κ3) is 2.44. The molecule has 0 bridgehead atoms. The summed E-state index contributed by atoms with van der Waals surface area (Å²) in [5.41, 5.74) is 2.95. The first-order chi connectivity index (χ1) is 10.7. The topological polar surface area (TPSA) is 24.9 Å². The van der Waals surface area contributed by atoms with E-state index in [4.69, 9.17) is 0 Å². The summed E-state index contributed by atoms with van der Waals surface area (Å²) in [6, 6.07) is 15.0. The van der Waals surface area contributed by atoms with Gasteiger partial charge < -0.3 is 5.32 Å². The molecular formula is C18H14Br2N2. The van der Waals surface area contributed by atoms with E-state index >= 15 is 0 Å². The van der Waals surface area contributed by atoms with Gasteiger partial charge in [0.25, 0.3) is 0 Å². The zero-order valence-electron chi connectivity index (χ0n) is 11.8. The van der Waals surface area contributed by atoms with Gasteiger partial charge >= 0.3 is 0 Å². The molecule has 1 N–H and O–H groups in total. The van der Waals surface area contributed by atoms with E-state index in [1.54, 1.807) is 0 Å². The smallest absolute Gasteiger partial charge is 0.133 e. The number of fused-ring (bicyclic) bond motifs is 2. The van der Waals surface area contributed by atoms with Gasteiger partial charge in [0, 0.05) is 38.4 Å². The number of pyridine rings is 1. The van der Waals surface area contributed by atoms with Crippen molar-refractivity contribution in [1.82, 2.24) is 4.98 Å². The number of rotatable bonds is 3. The molecule has 1 aliphatic carbocycles. The van der Waals surface area contributed by atoms with Crippen molar-refractivity contribution in [3.05, 3.63) is 68.7 Å². The minimum Gasteiger partial charge on any atom is -0.369 e. The molecule has 1 aromatic heterocycles. The predicted octanol–water partition coefficient (Wildman–Crippen LogP) is 5.51. The van der Waals surface area contributed by atoms with E-state index in [1.807, 2.05) is 6.20 Å². The molecule has 2 nitrogen and oxygen atoms in total. The molecule has 3 aromatic rings. The van der Waals surface area contributed by atoms with Crippen LogP contribution in [0.1, 0.15) is 17.0 Å². The molecule has 0 saturated heterocycles. The maximum absolute atomic E-state index is 4.55. The largest absolute Gasteiger partial charge is 0.369 e. The monoisotopic (exact) mass is 416 g/mol. The quantitative estimate of drug-likeness (QED) is 0.607. The van der Waals surface area contributed by atoms with Crippen molar-refractivity contribution in [2.45, 2.75) is 12.3 Å². The zero-order chi connectivity index (χ0) is 15.1. The lowest BCUT2D eigenvalue weighted by Gasteiger charge is -2.30. The molecule has 4 rings (SSSR count). The normalized spacial score (nSPS) is 16.2. The number of anilines is 1. The van der Waals surface area contributed by atoms with Gasteiger partial charge in [-0.1, -0.05) is 40.2 Å². The Kier molecular flexibility index (Phi) is 3.66. The van der Waals surface area contributed by atoms with Crippen LogP contribution in [-0.4, -0.2) is 11.5 Å².